The molecule has 0 fully saturated rings. The Morgan fingerprint density at radius 2 is 2.04 bits per heavy atom. The van der Waals surface area contributed by atoms with E-state index in [9.17, 15) is 4.79 Å². The first-order valence-corrected chi connectivity index (χ1v) is 9.35. The van der Waals surface area contributed by atoms with Crippen LogP contribution in [0.25, 0.3) is 10.2 Å². The second-order valence-electron chi connectivity index (χ2n) is 5.53. The molecular weight excluding hydrogens is 326 g/mol. The molecule has 3 rings (SSSR count). The zero-order chi connectivity index (χ0) is 16.4. The summed E-state index contributed by atoms with van der Waals surface area (Å²) in [4.78, 5) is 21.8. The minimum absolute atomic E-state index is 0.127. The summed E-state index contributed by atoms with van der Waals surface area (Å²) in [7, 11) is 0. The van der Waals surface area contributed by atoms with Crippen LogP contribution in [0.5, 0.6) is 0 Å². The molecule has 4 nitrogen and oxygen atoms in total. The number of hydrogen-bond donors (Lipinski definition) is 1. The maximum Gasteiger partial charge on any atom is 0.269 e. The van der Waals surface area contributed by atoms with E-state index in [0.29, 0.717) is 10.0 Å². The number of anilines is 1. The van der Waals surface area contributed by atoms with Crippen molar-refractivity contribution >= 4 is 43.9 Å². The van der Waals surface area contributed by atoms with Gasteiger partial charge in [0, 0.05) is 0 Å². The zero-order valence-electron chi connectivity index (χ0n) is 13.5. The molecule has 1 amide bonds. The molecule has 0 aliphatic rings. The predicted molar refractivity (Wildman–Crippen MR) is 97.8 cm³/mol. The molecule has 0 aliphatic heterocycles. The molecule has 23 heavy (non-hydrogen) atoms. The van der Waals surface area contributed by atoms with E-state index >= 15 is 0 Å². The van der Waals surface area contributed by atoms with Crippen molar-refractivity contribution in [3.8, 4) is 0 Å². The molecule has 0 saturated carbocycles. The van der Waals surface area contributed by atoms with Gasteiger partial charge in [-0.15, -0.1) is 11.3 Å². The fourth-order valence-corrected chi connectivity index (χ4v) is 4.19. The van der Waals surface area contributed by atoms with E-state index in [1.54, 1.807) is 0 Å². The average molecular weight is 345 g/mol. The lowest BCUT2D eigenvalue weighted by Crippen LogP contribution is -2.11. The third kappa shape index (κ3) is 3.59. The van der Waals surface area contributed by atoms with Gasteiger partial charge in [-0.05, 0) is 44.4 Å². The number of unbranched alkanes of at least 4 members (excludes halogenated alkanes) is 1. The van der Waals surface area contributed by atoms with Gasteiger partial charge >= 0.3 is 0 Å². The molecule has 0 unspecified atom stereocenters. The van der Waals surface area contributed by atoms with Gasteiger partial charge in [-0.25, -0.2) is 9.97 Å². The maximum atomic E-state index is 12.4. The molecule has 1 aromatic carbocycles. The van der Waals surface area contributed by atoms with E-state index in [-0.39, 0.29) is 5.91 Å². The first-order chi connectivity index (χ1) is 11.1. The Kier molecular flexibility index (Phi) is 4.73. The maximum absolute atomic E-state index is 12.4. The van der Waals surface area contributed by atoms with Gasteiger partial charge in [-0.2, -0.15) is 0 Å². The van der Waals surface area contributed by atoms with Crippen LogP contribution in [0, 0.1) is 13.8 Å². The lowest BCUT2D eigenvalue weighted by molar-refractivity contribution is 0.103. The van der Waals surface area contributed by atoms with Crippen LogP contribution in [0.15, 0.2) is 18.2 Å². The van der Waals surface area contributed by atoms with Crippen molar-refractivity contribution in [2.75, 3.05) is 5.32 Å². The van der Waals surface area contributed by atoms with Gasteiger partial charge in [-0.1, -0.05) is 30.7 Å². The first kappa shape index (κ1) is 16.1. The predicted octanol–water partition coefficient (Wildman–Crippen LogP) is 4.96. The summed E-state index contributed by atoms with van der Waals surface area (Å²) in [5.41, 5.74) is 3.03. The van der Waals surface area contributed by atoms with Crippen molar-refractivity contribution in [1.82, 2.24) is 9.97 Å². The number of aromatic nitrogens is 2. The van der Waals surface area contributed by atoms with Crippen LogP contribution in [-0.2, 0) is 6.42 Å². The third-order valence-corrected chi connectivity index (χ3v) is 5.61. The summed E-state index contributed by atoms with van der Waals surface area (Å²) in [6, 6.07) is 6.34. The summed E-state index contributed by atoms with van der Waals surface area (Å²) in [5.74, 6) is -0.127. The topological polar surface area (TPSA) is 54.9 Å². The van der Waals surface area contributed by atoms with Crippen LogP contribution in [0.2, 0.25) is 0 Å². The smallest absolute Gasteiger partial charge is 0.269 e. The van der Waals surface area contributed by atoms with Gasteiger partial charge in [0.2, 0.25) is 0 Å². The number of hydrogen-bond acceptors (Lipinski definition) is 5. The van der Waals surface area contributed by atoms with E-state index in [1.165, 1.54) is 41.1 Å². The number of nitrogens with zero attached hydrogens (tertiary/aromatic N) is 2. The highest BCUT2D eigenvalue weighted by Gasteiger charge is 2.15. The van der Waals surface area contributed by atoms with Crippen molar-refractivity contribution in [2.45, 2.75) is 40.0 Å². The van der Waals surface area contributed by atoms with Gasteiger partial charge in [-0.3, -0.25) is 10.1 Å². The Labute approximate surface area is 143 Å². The number of fused-ring (bicyclic) bond motifs is 1. The van der Waals surface area contributed by atoms with Crippen molar-refractivity contribution in [3.05, 3.63) is 39.3 Å². The van der Waals surface area contributed by atoms with E-state index < -0.39 is 0 Å². The molecule has 0 radical (unpaired) electrons. The number of thiazole rings is 2. The molecule has 3 aromatic rings. The summed E-state index contributed by atoms with van der Waals surface area (Å²) < 4.78 is 1.12. The fraction of sp³-hybridized carbons (Fsp3) is 0.353. The highest BCUT2D eigenvalue weighted by molar-refractivity contribution is 7.22. The molecule has 120 valence electrons. The summed E-state index contributed by atoms with van der Waals surface area (Å²) in [5, 5.41) is 4.45. The van der Waals surface area contributed by atoms with Crippen LogP contribution < -0.4 is 5.32 Å². The number of benzene rings is 1. The quantitative estimate of drug-likeness (QED) is 0.710. The Hall–Kier alpha value is -1.79. The molecule has 0 bridgehead atoms. The SMILES string of the molecule is CCCCc1ccc2nc(NC(=O)c3sc(C)nc3C)sc2c1. The monoisotopic (exact) mass is 345 g/mol. The molecule has 1 N–H and O–H groups in total. The number of carbonyl (C=O) groups excluding carboxylic acids is 1. The van der Waals surface area contributed by atoms with Crippen LogP contribution in [0.4, 0.5) is 5.13 Å². The van der Waals surface area contributed by atoms with Crippen LogP contribution in [-0.4, -0.2) is 15.9 Å². The van der Waals surface area contributed by atoms with Crippen molar-refractivity contribution in [1.29, 1.82) is 0 Å². The van der Waals surface area contributed by atoms with Crippen LogP contribution in [0.3, 0.4) is 0 Å². The number of carbonyl (C=O) groups is 1. The summed E-state index contributed by atoms with van der Waals surface area (Å²) in [6.45, 7) is 5.96. The molecule has 0 spiro atoms. The molecule has 0 aliphatic carbocycles. The van der Waals surface area contributed by atoms with Gasteiger partial charge in [0.1, 0.15) is 4.88 Å². The van der Waals surface area contributed by atoms with E-state index in [4.69, 9.17) is 0 Å². The Balaban J connectivity index is 1.80. The first-order valence-electron chi connectivity index (χ1n) is 7.71. The largest absolute Gasteiger partial charge is 0.297 e. The van der Waals surface area contributed by atoms with Crippen LogP contribution >= 0.6 is 22.7 Å². The highest BCUT2D eigenvalue weighted by atomic mass is 32.1. The normalized spacial score (nSPS) is 11.1. The Morgan fingerprint density at radius 3 is 2.74 bits per heavy atom. The van der Waals surface area contributed by atoms with Gasteiger partial charge in [0.05, 0.1) is 20.9 Å². The molecule has 2 aromatic heterocycles. The third-order valence-electron chi connectivity index (χ3n) is 3.60. The lowest BCUT2D eigenvalue weighted by Gasteiger charge is -1.98. The second kappa shape index (κ2) is 6.76. The number of aryl methyl sites for hydroxylation is 3. The Bertz CT molecular complexity index is 851. The fourth-order valence-electron chi connectivity index (χ4n) is 2.45. The molecule has 6 heteroatoms. The summed E-state index contributed by atoms with van der Waals surface area (Å²) >= 11 is 2.94. The molecule has 2 heterocycles. The minimum Gasteiger partial charge on any atom is -0.297 e. The highest BCUT2D eigenvalue weighted by Crippen LogP contribution is 2.28. The van der Waals surface area contributed by atoms with E-state index in [2.05, 4.69) is 34.3 Å². The summed E-state index contributed by atoms with van der Waals surface area (Å²) in [6.07, 6.45) is 3.47. The van der Waals surface area contributed by atoms with Crippen molar-refractivity contribution in [3.63, 3.8) is 0 Å². The Morgan fingerprint density at radius 1 is 1.22 bits per heavy atom. The molecular formula is C17H19N3OS2. The number of amides is 1. The van der Waals surface area contributed by atoms with Gasteiger partial charge < -0.3 is 0 Å². The average Bonchev–Trinajstić information content (AvgIpc) is 3.06. The number of rotatable bonds is 5. The van der Waals surface area contributed by atoms with Gasteiger partial charge in [0.25, 0.3) is 5.91 Å². The van der Waals surface area contributed by atoms with Crippen LogP contribution in [0.1, 0.15) is 45.7 Å². The molecule has 0 saturated heterocycles. The van der Waals surface area contributed by atoms with Crippen molar-refractivity contribution in [2.24, 2.45) is 0 Å². The van der Waals surface area contributed by atoms with E-state index in [0.717, 1.165) is 27.3 Å². The van der Waals surface area contributed by atoms with Gasteiger partial charge in [0.15, 0.2) is 5.13 Å². The molecule has 0 atom stereocenters. The standard InChI is InChI=1S/C17H19N3OS2/c1-4-5-6-12-7-8-13-14(9-12)23-17(19-13)20-16(21)15-10(2)18-11(3)22-15/h7-9H,4-6H2,1-3H3,(H,19,20,21). The lowest BCUT2D eigenvalue weighted by atomic mass is 10.1. The van der Waals surface area contributed by atoms with E-state index in [1.807, 2.05) is 19.9 Å². The second-order valence-corrected chi connectivity index (χ2v) is 7.76. The number of nitrogens with one attached hydrogen (secondary N) is 1. The minimum atomic E-state index is -0.127. The van der Waals surface area contributed by atoms with Crippen molar-refractivity contribution < 1.29 is 4.79 Å². The zero-order valence-corrected chi connectivity index (χ0v) is 15.1.